The fraction of sp³-hybridized carbons (Fsp3) is 0.333. The van der Waals surface area contributed by atoms with E-state index in [1.54, 1.807) is 0 Å². The van der Waals surface area contributed by atoms with E-state index in [2.05, 4.69) is 59.6 Å². The van der Waals surface area contributed by atoms with E-state index in [1.165, 1.54) is 24.3 Å². The molecule has 0 aromatic heterocycles. The van der Waals surface area contributed by atoms with Gasteiger partial charge in [-0.25, -0.2) is 0 Å². The van der Waals surface area contributed by atoms with Crippen LogP contribution in [0.25, 0.3) is 22.3 Å². The second-order valence-corrected chi connectivity index (χ2v) is 12.8. The summed E-state index contributed by atoms with van der Waals surface area (Å²) in [5.41, 5.74) is 6.32. The summed E-state index contributed by atoms with van der Waals surface area (Å²) in [6, 6.07) is 19.5. The van der Waals surface area contributed by atoms with Gasteiger partial charge in [-0.2, -0.15) is 26.3 Å². The minimum Gasteiger partial charge on any atom is -0.372 e. The van der Waals surface area contributed by atoms with E-state index < -0.39 is 23.5 Å². The monoisotopic (exact) mass is 754 g/mol. The van der Waals surface area contributed by atoms with Gasteiger partial charge in [-0.3, -0.25) is 0 Å². The molecule has 4 aromatic rings. The maximum absolute atomic E-state index is 13.5. The van der Waals surface area contributed by atoms with Gasteiger partial charge in [0.25, 0.3) is 0 Å². The number of halogens is 8. The summed E-state index contributed by atoms with van der Waals surface area (Å²) < 4.78 is 87.1. The molecule has 0 spiro atoms. The van der Waals surface area contributed by atoms with Crippen molar-refractivity contribution in [2.24, 2.45) is 0 Å². The van der Waals surface area contributed by atoms with Crippen LogP contribution in [0.2, 0.25) is 0 Å². The predicted octanol–water partition coefficient (Wildman–Crippen LogP) is 12.8. The van der Waals surface area contributed by atoms with Crippen LogP contribution in [-0.2, 0) is 41.0 Å². The molecule has 9 heteroatoms. The Labute approximate surface area is 277 Å². The number of alkyl halides is 8. The maximum atomic E-state index is 13.5. The minimum absolute atomic E-state index is 0.181. The fourth-order valence-electron chi connectivity index (χ4n) is 5.22. The summed E-state index contributed by atoms with van der Waals surface area (Å²) >= 11 is 6.74. The largest absolute Gasteiger partial charge is 0.416 e. The molecule has 4 aromatic carbocycles. The van der Waals surface area contributed by atoms with Gasteiger partial charge in [0, 0.05) is 10.7 Å². The zero-order valence-electron chi connectivity index (χ0n) is 25.3. The highest BCUT2D eigenvalue weighted by Crippen LogP contribution is 2.39. The van der Waals surface area contributed by atoms with Crippen LogP contribution in [0.5, 0.6) is 0 Å². The van der Waals surface area contributed by atoms with Crippen molar-refractivity contribution < 1.29 is 31.1 Å². The van der Waals surface area contributed by atoms with E-state index in [0.29, 0.717) is 22.3 Å². The average Bonchev–Trinajstić information content (AvgIpc) is 2.99. The van der Waals surface area contributed by atoms with Crippen LogP contribution < -0.4 is 0 Å². The summed E-state index contributed by atoms with van der Waals surface area (Å²) in [4.78, 5) is 0. The highest BCUT2D eigenvalue weighted by molar-refractivity contribution is 9.08. The van der Waals surface area contributed by atoms with Crippen LogP contribution in [-0.4, -0.2) is 0 Å². The van der Waals surface area contributed by atoms with Crippen molar-refractivity contribution in [1.29, 1.82) is 0 Å². The minimum atomic E-state index is -4.45. The predicted molar refractivity (Wildman–Crippen MR) is 176 cm³/mol. The number of rotatable bonds is 10. The smallest absolute Gasteiger partial charge is 0.372 e. The molecule has 0 aliphatic rings. The van der Waals surface area contributed by atoms with E-state index in [4.69, 9.17) is 4.74 Å². The normalized spacial score (nSPS) is 12.4. The molecule has 0 saturated heterocycles. The molecule has 4 rings (SSSR count). The molecule has 0 aliphatic carbocycles. The van der Waals surface area contributed by atoms with Crippen LogP contribution in [0.4, 0.5) is 26.3 Å². The van der Waals surface area contributed by atoms with Gasteiger partial charge in [-0.15, -0.1) is 0 Å². The lowest BCUT2D eigenvalue weighted by atomic mass is 9.90. The third-order valence-corrected chi connectivity index (χ3v) is 9.06. The van der Waals surface area contributed by atoms with Crippen LogP contribution >= 0.6 is 31.9 Å². The average molecular weight is 756 g/mol. The molecule has 0 unspecified atom stereocenters. The van der Waals surface area contributed by atoms with Gasteiger partial charge >= 0.3 is 12.4 Å². The summed E-state index contributed by atoms with van der Waals surface area (Å²) in [7, 11) is 0. The maximum Gasteiger partial charge on any atom is 0.416 e. The number of ether oxygens (including phenoxy) is 1. The van der Waals surface area contributed by atoms with Crippen molar-refractivity contribution in [3.05, 3.63) is 117 Å². The zero-order valence-corrected chi connectivity index (χ0v) is 28.5. The van der Waals surface area contributed by atoms with Crippen molar-refractivity contribution in [3.63, 3.8) is 0 Å². The Kier molecular flexibility index (Phi) is 11.3. The van der Waals surface area contributed by atoms with Gasteiger partial charge in [0.2, 0.25) is 0 Å². The lowest BCUT2D eigenvalue weighted by Crippen LogP contribution is -2.07. The molecule has 240 valence electrons. The highest BCUT2D eigenvalue weighted by atomic mass is 79.9. The third kappa shape index (κ3) is 8.40. The lowest BCUT2D eigenvalue weighted by Gasteiger charge is -2.19. The van der Waals surface area contributed by atoms with Crippen LogP contribution in [0.1, 0.15) is 84.0 Å². The molecule has 0 fully saturated rings. The van der Waals surface area contributed by atoms with Crippen LogP contribution in [0.15, 0.2) is 72.8 Å². The first kappa shape index (κ1) is 35.2. The van der Waals surface area contributed by atoms with Crippen molar-refractivity contribution >= 4 is 31.9 Å². The Morgan fingerprint density at radius 3 is 1.20 bits per heavy atom. The Balaban J connectivity index is 1.71. The number of hydrogen-bond acceptors (Lipinski definition) is 1. The molecule has 0 N–H and O–H groups in total. The molecular formula is C36H34Br2F6O. The highest BCUT2D eigenvalue weighted by Gasteiger charge is 2.32. The standard InChI is InChI=1S/C36H34Br2F6O/c1-21(2)23-5-7-25(33(15-23)31-11-9-29(35(39,40)41)13-27(31)17-37)19-45-20-26-8-6-24(22(3)4)16-34(26)32-12-10-30(36(42,43)44)14-28(32)18-38/h5-16,21-22H,17-20H2,1-4H3. The van der Waals surface area contributed by atoms with E-state index >= 15 is 0 Å². The zero-order chi connectivity index (χ0) is 33.1. The molecule has 0 atom stereocenters. The molecule has 0 aliphatic heterocycles. The Hall–Kier alpha value is -2.62. The first-order chi connectivity index (χ1) is 21.1. The topological polar surface area (TPSA) is 9.23 Å². The van der Waals surface area contributed by atoms with E-state index in [0.717, 1.165) is 45.5 Å². The van der Waals surface area contributed by atoms with Crippen LogP contribution in [0, 0.1) is 0 Å². The second kappa shape index (κ2) is 14.4. The first-order valence-corrected chi connectivity index (χ1v) is 16.7. The summed E-state index contributed by atoms with van der Waals surface area (Å²) in [6.45, 7) is 8.58. The first-order valence-electron chi connectivity index (χ1n) is 14.5. The Morgan fingerprint density at radius 2 is 0.889 bits per heavy atom. The summed E-state index contributed by atoms with van der Waals surface area (Å²) in [6.07, 6.45) is -8.91. The second-order valence-electron chi connectivity index (χ2n) is 11.6. The molecule has 0 heterocycles. The van der Waals surface area contributed by atoms with E-state index in [-0.39, 0.29) is 35.7 Å². The van der Waals surface area contributed by atoms with E-state index in [9.17, 15) is 26.3 Å². The number of benzene rings is 4. The van der Waals surface area contributed by atoms with Gasteiger partial charge in [0.15, 0.2) is 0 Å². The molecule has 0 radical (unpaired) electrons. The molecular weight excluding hydrogens is 722 g/mol. The summed E-state index contributed by atoms with van der Waals surface area (Å²) in [5, 5.41) is 0.486. The Morgan fingerprint density at radius 1 is 0.511 bits per heavy atom. The van der Waals surface area contributed by atoms with Gasteiger partial charge in [-0.05, 0) is 91.7 Å². The quantitative estimate of drug-likeness (QED) is 0.116. The third-order valence-electron chi connectivity index (χ3n) is 7.85. The van der Waals surface area contributed by atoms with Crippen molar-refractivity contribution in [3.8, 4) is 22.3 Å². The Bertz CT molecular complexity index is 1520. The number of hydrogen-bond donors (Lipinski definition) is 0. The molecule has 45 heavy (non-hydrogen) atoms. The molecule has 0 amide bonds. The SMILES string of the molecule is CC(C)c1ccc(COCc2ccc(C(C)C)cc2-c2ccc(C(F)(F)F)cc2CBr)c(-c2ccc(C(F)(F)F)cc2CBr)c1. The molecule has 0 bridgehead atoms. The van der Waals surface area contributed by atoms with Gasteiger partial charge < -0.3 is 4.74 Å². The molecule has 0 saturated carbocycles. The van der Waals surface area contributed by atoms with Gasteiger partial charge in [0.05, 0.1) is 24.3 Å². The fourth-order valence-corrected chi connectivity index (χ4v) is 6.15. The lowest BCUT2D eigenvalue weighted by molar-refractivity contribution is -0.138. The van der Waals surface area contributed by atoms with Crippen molar-refractivity contribution in [1.82, 2.24) is 0 Å². The molecule has 1 nitrogen and oxygen atoms in total. The van der Waals surface area contributed by atoms with E-state index in [1.807, 2.05) is 36.4 Å². The summed E-state index contributed by atoms with van der Waals surface area (Å²) in [5.74, 6) is 0.407. The van der Waals surface area contributed by atoms with Gasteiger partial charge in [0.1, 0.15) is 0 Å². The van der Waals surface area contributed by atoms with Gasteiger partial charge in [-0.1, -0.05) is 108 Å². The van der Waals surface area contributed by atoms with Crippen LogP contribution in [0.3, 0.4) is 0 Å². The van der Waals surface area contributed by atoms with Crippen molar-refractivity contribution in [2.45, 2.75) is 75.8 Å². The van der Waals surface area contributed by atoms with Crippen molar-refractivity contribution in [2.75, 3.05) is 0 Å².